The lowest BCUT2D eigenvalue weighted by atomic mass is 10.0. The van der Waals surface area contributed by atoms with Gasteiger partial charge in [0.1, 0.15) is 5.75 Å². The fraction of sp³-hybridized carbons (Fsp3) is 0.500. The lowest BCUT2D eigenvalue weighted by Gasteiger charge is -2.32. The molecule has 1 saturated heterocycles. The standard InChI is InChI=1S/C18H24N2O5/c1-24-15-5-3-13(4-6-15)18(23)19-14-9-11-20(12-10-14)16(21)7-8-17(22)25-2/h3-6,14H,7-12H2,1-2H3,(H,19,23). The molecule has 0 unspecified atom stereocenters. The van der Waals surface area contributed by atoms with Crippen molar-refractivity contribution >= 4 is 17.8 Å². The first kappa shape index (κ1) is 18.8. The van der Waals surface area contributed by atoms with Gasteiger partial charge in [0.25, 0.3) is 5.91 Å². The SMILES string of the molecule is COC(=O)CCC(=O)N1CCC(NC(=O)c2ccc(OC)cc2)CC1. The minimum Gasteiger partial charge on any atom is -0.497 e. The lowest BCUT2D eigenvalue weighted by molar-refractivity contribution is -0.143. The van der Waals surface area contributed by atoms with Crippen LogP contribution in [0.15, 0.2) is 24.3 Å². The van der Waals surface area contributed by atoms with Crippen LogP contribution in [0, 0.1) is 0 Å². The van der Waals surface area contributed by atoms with Gasteiger partial charge in [-0.3, -0.25) is 14.4 Å². The highest BCUT2D eigenvalue weighted by Crippen LogP contribution is 2.15. The molecule has 0 bridgehead atoms. The number of rotatable bonds is 6. The van der Waals surface area contributed by atoms with Gasteiger partial charge in [0.2, 0.25) is 5.91 Å². The Bertz CT molecular complexity index is 606. The summed E-state index contributed by atoms with van der Waals surface area (Å²) in [5.41, 5.74) is 0.581. The summed E-state index contributed by atoms with van der Waals surface area (Å²) in [7, 11) is 2.89. The number of ether oxygens (including phenoxy) is 2. The van der Waals surface area contributed by atoms with Crippen LogP contribution in [-0.2, 0) is 14.3 Å². The van der Waals surface area contributed by atoms with Crippen molar-refractivity contribution in [2.24, 2.45) is 0 Å². The molecule has 0 aliphatic carbocycles. The zero-order chi connectivity index (χ0) is 18.2. The van der Waals surface area contributed by atoms with Gasteiger partial charge in [-0.2, -0.15) is 0 Å². The van der Waals surface area contributed by atoms with Gasteiger partial charge in [0.15, 0.2) is 0 Å². The van der Waals surface area contributed by atoms with Crippen LogP contribution in [0.2, 0.25) is 0 Å². The average molecular weight is 348 g/mol. The highest BCUT2D eigenvalue weighted by Gasteiger charge is 2.24. The van der Waals surface area contributed by atoms with E-state index >= 15 is 0 Å². The predicted octanol–water partition coefficient (Wildman–Crippen LogP) is 1.37. The molecule has 2 amide bonds. The number of nitrogens with zero attached hydrogens (tertiary/aromatic N) is 1. The molecule has 1 aromatic carbocycles. The van der Waals surface area contributed by atoms with E-state index < -0.39 is 0 Å². The highest BCUT2D eigenvalue weighted by molar-refractivity contribution is 5.94. The first-order chi connectivity index (χ1) is 12.0. The van der Waals surface area contributed by atoms with Crippen LogP contribution in [0.5, 0.6) is 5.75 Å². The Morgan fingerprint density at radius 2 is 1.72 bits per heavy atom. The third kappa shape index (κ3) is 5.48. The van der Waals surface area contributed by atoms with Crippen molar-refractivity contribution in [2.45, 2.75) is 31.7 Å². The van der Waals surface area contributed by atoms with Gasteiger partial charge in [0.05, 0.1) is 20.6 Å². The molecule has 1 aromatic rings. The Balaban J connectivity index is 1.76. The van der Waals surface area contributed by atoms with Gasteiger partial charge in [-0.1, -0.05) is 0 Å². The number of likely N-dealkylation sites (tertiary alicyclic amines) is 1. The van der Waals surface area contributed by atoms with Gasteiger partial charge in [-0.15, -0.1) is 0 Å². The number of amides is 2. The summed E-state index contributed by atoms with van der Waals surface area (Å²) in [6.07, 6.45) is 1.66. The summed E-state index contributed by atoms with van der Waals surface area (Å²) in [5.74, 6) is 0.147. The zero-order valence-corrected chi connectivity index (χ0v) is 14.6. The number of esters is 1. The molecule has 136 valence electrons. The van der Waals surface area contributed by atoms with E-state index in [4.69, 9.17) is 4.74 Å². The Morgan fingerprint density at radius 1 is 1.08 bits per heavy atom. The monoisotopic (exact) mass is 348 g/mol. The van der Waals surface area contributed by atoms with Gasteiger partial charge in [-0.05, 0) is 37.1 Å². The molecule has 0 spiro atoms. The molecule has 0 atom stereocenters. The van der Waals surface area contributed by atoms with E-state index in [2.05, 4.69) is 10.1 Å². The third-order valence-electron chi connectivity index (χ3n) is 4.31. The minimum absolute atomic E-state index is 0.0410. The van der Waals surface area contributed by atoms with Crippen LogP contribution in [0.3, 0.4) is 0 Å². The number of hydrogen-bond donors (Lipinski definition) is 1. The van der Waals surface area contributed by atoms with Crippen molar-refractivity contribution in [3.63, 3.8) is 0 Å². The van der Waals surface area contributed by atoms with Crippen LogP contribution >= 0.6 is 0 Å². The van der Waals surface area contributed by atoms with E-state index in [-0.39, 0.29) is 36.7 Å². The second kappa shape index (κ2) is 9.05. The van der Waals surface area contributed by atoms with Gasteiger partial charge < -0.3 is 19.7 Å². The molecule has 1 fully saturated rings. The molecule has 7 nitrogen and oxygen atoms in total. The molecule has 7 heteroatoms. The quantitative estimate of drug-likeness (QED) is 0.785. The summed E-state index contributed by atoms with van der Waals surface area (Å²) in [6, 6.07) is 6.98. The summed E-state index contributed by atoms with van der Waals surface area (Å²) in [6.45, 7) is 1.15. The molecule has 0 radical (unpaired) electrons. The maximum atomic E-state index is 12.3. The maximum Gasteiger partial charge on any atom is 0.306 e. The summed E-state index contributed by atoms with van der Waals surface area (Å²) in [4.78, 5) is 37.1. The zero-order valence-electron chi connectivity index (χ0n) is 14.6. The van der Waals surface area contributed by atoms with E-state index in [1.54, 1.807) is 36.3 Å². The Morgan fingerprint density at radius 3 is 2.28 bits per heavy atom. The first-order valence-corrected chi connectivity index (χ1v) is 8.33. The number of methoxy groups -OCH3 is 2. The summed E-state index contributed by atoms with van der Waals surface area (Å²) in [5, 5.41) is 3.00. The third-order valence-corrected chi connectivity index (χ3v) is 4.31. The molecule has 25 heavy (non-hydrogen) atoms. The van der Waals surface area contributed by atoms with Gasteiger partial charge in [0, 0.05) is 31.1 Å². The molecule has 1 aliphatic rings. The lowest BCUT2D eigenvalue weighted by Crippen LogP contribution is -2.46. The summed E-state index contributed by atoms with van der Waals surface area (Å²) < 4.78 is 9.62. The van der Waals surface area contributed by atoms with Crippen molar-refractivity contribution in [3.05, 3.63) is 29.8 Å². The molecular weight excluding hydrogens is 324 g/mol. The van der Waals surface area contributed by atoms with Gasteiger partial charge >= 0.3 is 5.97 Å². The second-order valence-electron chi connectivity index (χ2n) is 5.93. The summed E-state index contributed by atoms with van der Waals surface area (Å²) >= 11 is 0. The molecular formula is C18H24N2O5. The Hall–Kier alpha value is -2.57. The average Bonchev–Trinajstić information content (AvgIpc) is 2.66. The van der Waals surface area contributed by atoms with Crippen LogP contribution in [0.4, 0.5) is 0 Å². The number of hydrogen-bond acceptors (Lipinski definition) is 5. The highest BCUT2D eigenvalue weighted by atomic mass is 16.5. The van der Waals surface area contributed by atoms with E-state index in [0.29, 0.717) is 37.2 Å². The molecule has 1 heterocycles. The van der Waals surface area contributed by atoms with Crippen molar-refractivity contribution in [2.75, 3.05) is 27.3 Å². The maximum absolute atomic E-state index is 12.3. The van der Waals surface area contributed by atoms with Crippen LogP contribution in [-0.4, -0.2) is 56.0 Å². The fourth-order valence-corrected chi connectivity index (χ4v) is 2.75. The van der Waals surface area contributed by atoms with E-state index in [1.807, 2.05) is 0 Å². The topological polar surface area (TPSA) is 84.9 Å². The van der Waals surface area contributed by atoms with Crippen LogP contribution < -0.4 is 10.1 Å². The molecule has 1 N–H and O–H groups in total. The van der Waals surface area contributed by atoms with E-state index in [9.17, 15) is 14.4 Å². The molecule has 0 aromatic heterocycles. The van der Waals surface area contributed by atoms with Gasteiger partial charge in [-0.25, -0.2) is 0 Å². The number of carbonyl (C=O) groups is 3. The van der Waals surface area contributed by atoms with Crippen LogP contribution in [0.1, 0.15) is 36.0 Å². The van der Waals surface area contributed by atoms with Crippen molar-refractivity contribution in [1.29, 1.82) is 0 Å². The van der Waals surface area contributed by atoms with E-state index in [1.165, 1.54) is 7.11 Å². The normalized spacial score (nSPS) is 14.7. The predicted molar refractivity (Wildman–Crippen MR) is 91.3 cm³/mol. The number of benzene rings is 1. The number of piperidine rings is 1. The smallest absolute Gasteiger partial charge is 0.306 e. The Labute approximate surface area is 147 Å². The molecule has 0 saturated carbocycles. The fourth-order valence-electron chi connectivity index (χ4n) is 2.75. The van der Waals surface area contributed by atoms with Crippen molar-refractivity contribution in [1.82, 2.24) is 10.2 Å². The largest absolute Gasteiger partial charge is 0.497 e. The molecule has 1 aliphatic heterocycles. The van der Waals surface area contributed by atoms with E-state index in [0.717, 1.165) is 0 Å². The number of nitrogens with one attached hydrogen (secondary N) is 1. The molecule has 2 rings (SSSR count). The van der Waals surface area contributed by atoms with Crippen molar-refractivity contribution < 1.29 is 23.9 Å². The Kier molecular flexibility index (Phi) is 6.80. The van der Waals surface area contributed by atoms with Crippen LogP contribution in [0.25, 0.3) is 0 Å². The van der Waals surface area contributed by atoms with Crippen molar-refractivity contribution in [3.8, 4) is 5.75 Å². The first-order valence-electron chi connectivity index (χ1n) is 8.33. The number of carbonyl (C=O) groups excluding carboxylic acids is 3. The second-order valence-corrected chi connectivity index (χ2v) is 5.93. The minimum atomic E-state index is -0.380.